The summed E-state index contributed by atoms with van der Waals surface area (Å²) in [4.78, 5) is 27.6. The average molecular weight is 416 g/mol. The summed E-state index contributed by atoms with van der Waals surface area (Å²) in [6.45, 7) is 2.63. The van der Waals surface area contributed by atoms with Crippen molar-refractivity contribution in [3.63, 3.8) is 0 Å². The minimum atomic E-state index is -0.509. The van der Waals surface area contributed by atoms with Crippen LogP contribution in [0, 0.1) is 5.82 Å². The number of carbonyl (C=O) groups is 1. The van der Waals surface area contributed by atoms with Gasteiger partial charge < -0.3 is 20.6 Å². The van der Waals surface area contributed by atoms with Crippen LogP contribution < -0.4 is 10.6 Å². The third kappa shape index (κ3) is 3.99. The van der Waals surface area contributed by atoms with Crippen LogP contribution in [0.3, 0.4) is 0 Å². The van der Waals surface area contributed by atoms with Gasteiger partial charge in [-0.1, -0.05) is 0 Å². The van der Waals surface area contributed by atoms with E-state index < -0.39 is 11.9 Å². The molecule has 1 fully saturated rings. The lowest BCUT2D eigenvalue weighted by atomic mass is 10.1. The maximum Gasteiger partial charge on any atom is 0.274 e. The van der Waals surface area contributed by atoms with E-state index in [0.29, 0.717) is 41.0 Å². The van der Waals surface area contributed by atoms with E-state index in [-0.39, 0.29) is 17.9 Å². The van der Waals surface area contributed by atoms with Crippen LogP contribution in [0.5, 0.6) is 0 Å². The van der Waals surface area contributed by atoms with Crippen molar-refractivity contribution in [3.05, 3.63) is 41.6 Å². The first-order valence-electron chi connectivity index (χ1n) is 9.28. The minimum absolute atomic E-state index is 0.235. The van der Waals surface area contributed by atoms with Crippen LogP contribution in [0.1, 0.15) is 35.4 Å². The minimum Gasteiger partial charge on any atom is -0.391 e. The molecular weight excluding hydrogens is 395 g/mol. The first-order chi connectivity index (χ1) is 13.9. The van der Waals surface area contributed by atoms with Crippen molar-refractivity contribution in [1.82, 2.24) is 19.9 Å². The zero-order valence-electron chi connectivity index (χ0n) is 16.0. The van der Waals surface area contributed by atoms with Gasteiger partial charge in [0.25, 0.3) is 5.91 Å². The van der Waals surface area contributed by atoms with Crippen LogP contribution in [0.25, 0.3) is 10.2 Å². The van der Waals surface area contributed by atoms with Crippen LogP contribution in [0.2, 0.25) is 0 Å². The Bertz CT molecular complexity index is 1060. The molecule has 2 unspecified atom stereocenters. The number of anilines is 2. The Morgan fingerprint density at radius 2 is 2.21 bits per heavy atom. The molecule has 0 aromatic carbocycles. The monoisotopic (exact) mass is 416 g/mol. The molecule has 2 atom stereocenters. The van der Waals surface area contributed by atoms with Crippen molar-refractivity contribution >= 4 is 38.4 Å². The van der Waals surface area contributed by atoms with E-state index in [9.17, 15) is 14.3 Å². The van der Waals surface area contributed by atoms with Crippen LogP contribution in [0.15, 0.2) is 24.5 Å². The molecule has 4 heterocycles. The van der Waals surface area contributed by atoms with Gasteiger partial charge in [-0.05, 0) is 31.0 Å². The number of β-amino-alcohol motifs (C(OH)–C–C–N with tert-alkyl or cyclic N) is 1. The van der Waals surface area contributed by atoms with E-state index in [2.05, 4.69) is 25.6 Å². The smallest absolute Gasteiger partial charge is 0.274 e. The SMILES string of the molecule is CNc1cc2nc(NC(C)c3cncc(F)c3)nc(C(=O)N3CCC(O)C3)c2s1. The van der Waals surface area contributed by atoms with Crippen molar-refractivity contribution in [2.24, 2.45) is 0 Å². The van der Waals surface area contributed by atoms with Crippen molar-refractivity contribution in [1.29, 1.82) is 0 Å². The van der Waals surface area contributed by atoms with Crippen molar-refractivity contribution in [2.45, 2.75) is 25.5 Å². The fourth-order valence-electron chi connectivity index (χ4n) is 3.28. The average Bonchev–Trinajstić information content (AvgIpc) is 3.32. The number of likely N-dealkylation sites (tertiary alicyclic amines) is 1. The van der Waals surface area contributed by atoms with Crippen molar-refractivity contribution in [2.75, 3.05) is 30.8 Å². The Morgan fingerprint density at radius 3 is 2.90 bits per heavy atom. The molecule has 4 rings (SSSR count). The zero-order valence-corrected chi connectivity index (χ0v) is 16.8. The summed E-state index contributed by atoms with van der Waals surface area (Å²) in [5, 5.41) is 16.9. The number of rotatable bonds is 5. The Hall–Kier alpha value is -2.85. The molecule has 0 aliphatic carbocycles. The number of fused-ring (bicyclic) bond motifs is 1. The van der Waals surface area contributed by atoms with E-state index in [1.54, 1.807) is 18.1 Å². The standard InChI is InChI=1S/C19H21FN6O2S/c1-10(11-5-12(20)8-22-7-11)23-19-24-14-6-15(21-2)29-17(14)16(25-19)18(28)26-4-3-13(27)9-26/h5-8,10,13,21,27H,3-4,9H2,1-2H3,(H,23,24,25). The quantitative estimate of drug-likeness (QED) is 0.587. The highest BCUT2D eigenvalue weighted by Crippen LogP contribution is 2.32. The Morgan fingerprint density at radius 1 is 1.38 bits per heavy atom. The fourth-order valence-corrected chi connectivity index (χ4v) is 4.21. The van der Waals surface area contributed by atoms with Crippen LogP contribution >= 0.6 is 11.3 Å². The first-order valence-corrected chi connectivity index (χ1v) is 10.1. The molecule has 0 saturated carbocycles. The van der Waals surface area contributed by atoms with Gasteiger partial charge in [-0.15, -0.1) is 11.3 Å². The number of pyridine rings is 1. The third-order valence-electron chi connectivity index (χ3n) is 4.84. The number of aromatic nitrogens is 3. The predicted octanol–water partition coefficient (Wildman–Crippen LogP) is 2.65. The van der Waals surface area contributed by atoms with Gasteiger partial charge in [0, 0.05) is 26.3 Å². The lowest BCUT2D eigenvalue weighted by Gasteiger charge is -2.17. The summed E-state index contributed by atoms with van der Waals surface area (Å²) in [6, 6.07) is 2.94. The molecule has 10 heteroatoms. The molecule has 3 aromatic rings. The van der Waals surface area contributed by atoms with Gasteiger partial charge in [0.1, 0.15) is 5.82 Å². The summed E-state index contributed by atoms with van der Waals surface area (Å²) >= 11 is 1.40. The zero-order chi connectivity index (χ0) is 20.5. The molecule has 1 amide bonds. The van der Waals surface area contributed by atoms with Crippen LogP contribution in [0.4, 0.5) is 15.3 Å². The summed E-state index contributed by atoms with van der Waals surface area (Å²) in [6.07, 6.45) is 2.76. The second kappa shape index (κ2) is 7.88. The normalized spacial score (nSPS) is 17.5. The Balaban J connectivity index is 1.70. The maximum absolute atomic E-state index is 13.5. The summed E-state index contributed by atoms with van der Waals surface area (Å²) in [7, 11) is 1.80. The topological polar surface area (TPSA) is 103 Å². The largest absolute Gasteiger partial charge is 0.391 e. The molecule has 152 valence electrons. The molecule has 1 aliphatic heterocycles. The van der Waals surface area contributed by atoms with E-state index >= 15 is 0 Å². The fraction of sp³-hybridized carbons (Fsp3) is 0.368. The van der Waals surface area contributed by atoms with Gasteiger partial charge in [0.15, 0.2) is 5.69 Å². The molecule has 3 N–H and O–H groups in total. The molecule has 0 bridgehead atoms. The van der Waals surface area contributed by atoms with E-state index in [0.717, 1.165) is 11.2 Å². The molecule has 8 nitrogen and oxygen atoms in total. The number of carbonyl (C=O) groups excluding carboxylic acids is 1. The summed E-state index contributed by atoms with van der Waals surface area (Å²) in [5.74, 6) is -0.383. The number of halogens is 1. The maximum atomic E-state index is 13.5. The molecular formula is C19H21FN6O2S. The Kier molecular flexibility index (Phi) is 5.29. The molecule has 1 aliphatic rings. The molecule has 3 aromatic heterocycles. The van der Waals surface area contributed by atoms with E-state index in [1.165, 1.54) is 17.4 Å². The highest BCUT2D eigenvalue weighted by molar-refractivity contribution is 7.23. The third-order valence-corrected chi connectivity index (χ3v) is 5.99. The lowest BCUT2D eigenvalue weighted by Crippen LogP contribution is -2.30. The number of aliphatic hydroxyl groups is 1. The van der Waals surface area contributed by atoms with Crippen LogP contribution in [-0.2, 0) is 0 Å². The highest BCUT2D eigenvalue weighted by Gasteiger charge is 2.29. The number of hydrogen-bond donors (Lipinski definition) is 3. The lowest BCUT2D eigenvalue weighted by molar-refractivity contribution is 0.0761. The number of amides is 1. The summed E-state index contributed by atoms with van der Waals surface area (Å²) in [5.41, 5.74) is 1.58. The number of aliphatic hydroxyl groups excluding tert-OH is 1. The Labute approximate surface area is 170 Å². The number of thiophene rings is 1. The van der Waals surface area contributed by atoms with Gasteiger partial charge in [-0.3, -0.25) is 9.78 Å². The second-order valence-electron chi connectivity index (χ2n) is 6.97. The van der Waals surface area contributed by atoms with Gasteiger partial charge >= 0.3 is 0 Å². The first kappa shape index (κ1) is 19.5. The second-order valence-corrected chi connectivity index (χ2v) is 8.02. The molecule has 0 spiro atoms. The number of nitrogens with zero attached hydrogens (tertiary/aromatic N) is 4. The predicted molar refractivity (Wildman–Crippen MR) is 110 cm³/mol. The van der Waals surface area contributed by atoms with Gasteiger partial charge in [-0.25, -0.2) is 14.4 Å². The summed E-state index contributed by atoms with van der Waals surface area (Å²) < 4.78 is 14.2. The number of hydrogen-bond acceptors (Lipinski definition) is 8. The van der Waals surface area contributed by atoms with E-state index in [4.69, 9.17) is 0 Å². The highest BCUT2D eigenvalue weighted by atomic mass is 32.1. The van der Waals surface area contributed by atoms with Gasteiger partial charge in [0.05, 0.1) is 33.6 Å². The van der Waals surface area contributed by atoms with Crippen molar-refractivity contribution < 1.29 is 14.3 Å². The van der Waals surface area contributed by atoms with Crippen molar-refractivity contribution in [3.8, 4) is 0 Å². The molecule has 1 saturated heterocycles. The van der Waals surface area contributed by atoms with Crippen LogP contribution in [-0.4, -0.2) is 57.1 Å². The molecule has 29 heavy (non-hydrogen) atoms. The van der Waals surface area contributed by atoms with Gasteiger partial charge in [-0.2, -0.15) is 0 Å². The molecule has 0 radical (unpaired) electrons. The number of nitrogens with one attached hydrogen (secondary N) is 2. The van der Waals surface area contributed by atoms with E-state index in [1.807, 2.05) is 13.0 Å². The van der Waals surface area contributed by atoms with Gasteiger partial charge in [0.2, 0.25) is 5.95 Å².